The second-order valence-corrected chi connectivity index (χ2v) is 7.04. The summed E-state index contributed by atoms with van der Waals surface area (Å²) in [4.78, 5) is 14.7. The van der Waals surface area contributed by atoms with Gasteiger partial charge in [-0.05, 0) is 29.3 Å². The largest absolute Gasteiger partial charge is 0.494 e. The zero-order chi connectivity index (χ0) is 19.9. The molecule has 0 bridgehead atoms. The number of nitrogens with zero attached hydrogens (tertiary/aromatic N) is 1. The van der Waals surface area contributed by atoms with E-state index in [0.29, 0.717) is 30.3 Å². The molecule has 2 aromatic rings. The van der Waals surface area contributed by atoms with Gasteiger partial charge in [-0.2, -0.15) is 0 Å². The number of hydrogen-bond donors (Lipinski definition) is 1. The highest BCUT2D eigenvalue weighted by atomic mass is 35.5. The van der Waals surface area contributed by atoms with Gasteiger partial charge in [0.15, 0.2) is 11.6 Å². The first-order chi connectivity index (χ1) is 13.6. The van der Waals surface area contributed by atoms with E-state index in [-0.39, 0.29) is 24.1 Å². The number of benzene rings is 2. The van der Waals surface area contributed by atoms with Crippen molar-refractivity contribution in [3.05, 3.63) is 64.4 Å². The zero-order valence-electron chi connectivity index (χ0n) is 15.8. The van der Waals surface area contributed by atoms with E-state index in [2.05, 4.69) is 10.2 Å². The van der Waals surface area contributed by atoms with Gasteiger partial charge in [-0.25, -0.2) is 4.39 Å². The van der Waals surface area contributed by atoms with Crippen molar-refractivity contribution in [3.8, 4) is 5.75 Å². The predicted octanol–water partition coefficient (Wildman–Crippen LogP) is 3.22. The van der Waals surface area contributed by atoms with E-state index in [0.717, 1.165) is 18.7 Å². The lowest BCUT2D eigenvalue weighted by Crippen LogP contribution is -2.44. The van der Waals surface area contributed by atoms with Crippen LogP contribution >= 0.6 is 11.6 Å². The molecule has 28 heavy (non-hydrogen) atoms. The van der Waals surface area contributed by atoms with Crippen molar-refractivity contribution in [3.63, 3.8) is 0 Å². The van der Waals surface area contributed by atoms with Crippen LogP contribution in [0.15, 0.2) is 42.5 Å². The number of rotatable bonds is 7. The Bertz CT molecular complexity index is 812. The van der Waals surface area contributed by atoms with Crippen molar-refractivity contribution in [1.82, 2.24) is 10.2 Å². The standard InChI is InChI=1S/C21H24ClFN2O3/c1-27-20-7-6-15(12-18(20)23)13-21(26)24-14-19(25-8-10-28-11-9-25)16-4-2-3-5-17(16)22/h2-7,12,19H,8-11,13-14H2,1H3,(H,24,26)/t19-/m1/s1. The first-order valence-electron chi connectivity index (χ1n) is 9.24. The first kappa shape index (κ1) is 20.6. The first-order valence-corrected chi connectivity index (χ1v) is 9.61. The van der Waals surface area contributed by atoms with Gasteiger partial charge in [0.05, 0.1) is 32.8 Å². The van der Waals surface area contributed by atoms with E-state index >= 15 is 0 Å². The molecular weight excluding hydrogens is 383 g/mol. The number of methoxy groups -OCH3 is 1. The van der Waals surface area contributed by atoms with Gasteiger partial charge in [-0.1, -0.05) is 35.9 Å². The van der Waals surface area contributed by atoms with Gasteiger partial charge >= 0.3 is 0 Å². The van der Waals surface area contributed by atoms with Crippen LogP contribution in [0.3, 0.4) is 0 Å². The van der Waals surface area contributed by atoms with Crippen LogP contribution in [0, 0.1) is 5.82 Å². The van der Waals surface area contributed by atoms with Gasteiger partial charge in [0.1, 0.15) is 0 Å². The molecule has 1 saturated heterocycles. The molecule has 1 N–H and O–H groups in total. The molecule has 0 spiro atoms. The predicted molar refractivity (Wildman–Crippen MR) is 106 cm³/mol. The molecule has 3 rings (SSSR count). The van der Waals surface area contributed by atoms with Crippen molar-refractivity contribution in [2.75, 3.05) is 40.0 Å². The van der Waals surface area contributed by atoms with Crippen LogP contribution in [0.4, 0.5) is 4.39 Å². The summed E-state index contributed by atoms with van der Waals surface area (Å²) >= 11 is 6.41. The lowest BCUT2D eigenvalue weighted by molar-refractivity contribution is -0.120. The molecule has 2 aromatic carbocycles. The van der Waals surface area contributed by atoms with Crippen LogP contribution in [-0.2, 0) is 16.0 Å². The van der Waals surface area contributed by atoms with Crippen LogP contribution in [0.5, 0.6) is 5.75 Å². The van der Waals surface area contributed by atoms with Crippen molar-refractivity contribution in [1.29, 1.82) is 0 Å². The summed E-state index contributed by atoms with van der Waals surface area (Å²) in [7, 11) is 1.41. The second kappa shape index (κ2) is 9.87. The number of amides is 1. The molecule has 1 fully saturated rings. The number of ether oxygens (including phenoxy) is 2. The molecule has 0 aliphatic carbocycles. The molecule has 1 amide bonds. The van der Waals surface area contributed by atoms with Crippen LogP contribution in [-0.4, -0.2) is 50.8 Å². The summed E-state index contributed by atoms with van der Waals surface area (Å²) in [6, 6.07) is 12.2. The van der Waals surface area contributed by atoms with Crippen LogP contribution in [0.25, 0.3) is 0 Å². The average molecular weight is 407 g/mol. The fraction of sp³-hybridized carbons (Fsp3) is 0.381. The summed E-state index contributed by atoms with van der Waals surface area (Å²) in [5.74, 6) is -0.486. The normalized spacial score (nSPS) is 15.8. The molecule has 5 nitrogen and oxygen atoms in total. The fourth-order valence-corrected chi connectivity index (χ4v) is 3.61. The highest BCUT2D eigenvalue weighted by molar-refractivity contribution is 6.31. The number of halogens is 2. The Morgan fingerprint density at radius 1 is 1.29 bits per heavy atom. The maximum atomic E-state index is 13.8. The van der Waals surface area contributed by atoms with Crippen molar-refractivity contribution < 1.29 is 18.7 Å². The zero-order valence-corrected chi connectivity index (χ0v) is 16.5. The molecule has 0 saturated carbocycles. The number of morpholine rings is 1. The third-order valence-corrected chi connectivity index (χ3v) is 5.17. The van der Waals surface area contributed by atoms with Crippen molar-refractivity contribution >= 4 is 17.5 Å². The Morgan fingerprint density at radius 3 is 2.71 bits per heavy atom. The highest BCUT2D eigenvalue weighted by Crippen LogP contribution is 2.27. The molecule has 1 atom stereocenters. The maximum absolute atomic E-state index is 13.8. The third-order valence-electron chi connectivity index (χ3n) is 4.82. The Morgan fingerprint density at radius 2 is 2.04 bits per heavy atom. The summed E-state index contributed by atoms with van der Waals surface area (Å²) in [6.07, 6.45) is 0.0965. The maximum Gasteiger partial charge on any atom is 0.224 e. The summed E-state index contributed by atoms with van der Waals surface area (Å²) in [5.41, 5.74) is 1.57. The Hall–Kier alpha value is -2.15. The molecule has 150 valence electrons. The number of nitrogens with one attached hydrogen (secondary N) is 1. The van der Waals surface area contributed by atoms with Gasteiger partial charge in [0.2, 0.25) is 5.91 Å². The van der Waals surface area contributed by atoms with E-state index in [1.54, 1.807) is 6.07 Å². The van der Waals surface area contributed by atoms with Gasteiger partial charge in [0, 0.05) is 24.7 Å². The second-order valence-electron chi connectivity index (χ2n) is 6.64. The summed E-state index contributed by atoms with van der Waals surface area (Å²) in [5, 5.41) is 3.64. The molecule has 1 aliphatic heterocycles. The minimum atomic E-state index is -0.477. The number of carbonyl (C=O) groups excluding carboxylic acids is 1. The monoisotopic (exact) mass is 406 g/mol. The van der Waals surface area contributed by atoms with Crippen LogP contribution in [0.2, 0.25) is 5.02 Å². The van der Waals surface area contributed by atoms with Crippen LogP contribution in [0.1, 0.15) is 17.2 Å². The molecule has 7 heteroatoms. The van der Waals surface area contributed by atoms with Gasteiger partial charge < -0.3 is 14.8 Å². The fourth-order valence-electron chi connectivity index (χ4n) is 3.35. The van der Waals surface area contributed by atoms with E-state index in [1.807, 2.05) is 24.3 Å². The Labute approximate surface area is 169 Å². The SMILES string of the molecule is COc1ccc(CC(=O)NC[C@H](c2ccccc2Cl)N2CCOCC2)cc1F. The van der Waals surface area contributed by atoms with Gasteiger partial charge in [-0.3, -0.25) is 9.69 Å². The average Bonchev–Trinajstić information content (AvgIpc) is 2.70. The van der Waals surface area contributed by atoms with E-state index in [9.17, 15) is 9.18 Å². The topological polar surface area (TPSA) is 50.8 Å². The molecule has 0 unspecified atom stereocenters. The summed E-state index contributed by atoms with van der Waals surface area (Å²) in [6.45, 7) is 3.27. The highest BCUT2D eigenvalue weighted by Gasteiger charge is 2.24. The van der Waals surface area contributed by atoms with Gasteiger partial charge in [-0.15, -0.1) is 0 Å². The molecule has 1 heterocycles. The Balaban J connectivity index is 1.66. The molecule has 0 radical (unpaired) electrons. The minimum Gasteiger partial charge on any atom is -0.494 e. The number of carbonyl (C=O) groups is 1. The van der Waals surface area contributed by atoms with Gasteiger partial charge in [0.25, 0.3) is 0 Å². The van der Waals surface area contributed by atoms with E-state index in [4.69, 9.17) is 21.1 Å². The lowest BCUT2D eigenvalue weighted by Gasteiger charge is -2.35. The summed E-state index contributed by atoms with van der Waals surface area (Å²) < 4.78 is 24.2. The number of hydrogen-bond acceptors (Lipinski definition) is 4. The smallest absolute Gasteiger partial charge is 0.224 e. The van der Waals surface area contributed by atoms with E-state index < -0.39 is 5.82 Å². The lowest BCUT2D eigenvalue weighted by atomic mass is 10.0. The Kier molecular flexibility index (Phi) is 7.25. The quantitative estimate of drug-likeness (QED) is 0.767. The van der Waals surface area contributed by atoms with Crippen LogP contribution < -0.4 is 10.1 Å². The minimum absolute atomic E-state index is 0.0471. The van der Waals surface area contributed by atoms with Crippen molar-refractivity contribution in [2.45, 2.75) is 12.5 Å². The van der Waals surface area contributed by atoms with E-state index in [1.165, 1.54) is 19.2 Å². The molecule has 1 aliphatic rings. The molecular formula is C21H24ClFN2O3. The van der Waals surface area contributed by atoms with Crippen molar-refractivity contribution in [2.24, 2.45) is 0 Å². The third kappa shape index (κ3) is 5.22. The molecule has 0 aromatic heterocycles.